The topological polar surface area (TPSA) is 46.3 Å². The van der Waals surface area contributed by atoms with E-state index in [0.717, 1.165) is 49.2 Å². The lowest BCUT2D eigenvalue weighted by Crippen LogP contribution is -2.40. The van der Waals surface area contributed by atoms with Gasteiger partial charge in [-0.15, -0.1) is 12.4 Å². The minimum atomic E-state index is 0. The Morgan fingerprint density at radius 2 is 1.70 bits per heavy atom. The second-order valence-electron chi connectivity index (χ2n) is 5.74. The number of carbonyl (C=O) groups excluding carboxylic acids is 1. The van der Waals surface area contributed by atoms with Crippen LogP contribution < -0.4 is 5.73 Å². The quantitative estimate of drug-likeness (QED) is 0.912. The van der Waals surface area contributed by atoms with Crippen molar-refractivity contribution in [3.8, 4) is 0 Å². The van der Waals surface area contributed by atoms with Crippen LogP contribution in [0.2, 0.25) is 0 Å². The Bertz CT molecular complexity index is 456. The standard InChI is InChI=1S/C16H24N2O.ClH/c1-11-8-12(2)15(13(3)9-11)16(19)18-6-4-14(10-17)5-7-18;/h8-9,14H,4-7,10,17H2,1-3H3;1H. The molecule has 0 aliphatic carbocycles. The molecule has 1 aliphatic heterocycles. The lowest BCUT2D eigenvalue weighted by atomic mass is 9.94. The fraction of sp³-hybridized carbons (Fsp3) is 0.562. The molecule has 0 bridgehead atoms. The summed E-state index contributed by atoms with van der Waals surface area (Å²) < 4.78 is 0. The number of halogens is 1. The molecule has 1 amide bonds. The van der Waals surface area contributed by atoms with Gasteiger partial charge in [-0.3, -0.25) is 4.79 Å². The SMILES string of the molecule is Cc1cc(C)c(C(=O)N2CCC(CN)CC2)c(C)c1.Cl. The number of likely N-dealkylation sites (tertiary alicyclic amines) is 1. The third-order valence-electron chi connectivity index (χ3n) is 4.13. The van der Waals surface area contributed by atoms with Gasteiger partial charge in [0.2, 0.25) is 0 Å². The first-order valence-corrected chi connectivity index (χ1v) is 7.10. The Balaban J connectivity index is 0.00000200. The van der Waals surface area contributed by atoms with E-state index in [0.29, 0.717) is 5.92 Å². The van der Waals surface area contributed by atoms with Crippen LogP contribution in [-0.4, -0.2) is 30.4 Å². The van der Waals surface area contributed by atoms with Gasteiger partial charge in [0.15, 0.2) is 0 Å². The predicted octanol–water partition coefficient (Wildman–Crippen LogP) is 2.84. The highest BCUT2D eigenvalue weighted by atomic mass is 35.5. The molecule has 3 nitrogen and oxygen atoms in total. The number of benzene rings is 1. The first kappa shape index (κ1) is 17.0. The monoisotopic (exact) mass is 296 g/mol. The van der Waals surface area contributed by atoms with E-state index in [9.17, 15) is 4.79 Å². The molecule has 1 saturated heterocycles. The van der Waals surface area contributed by atoms with Gasteiger partial charge in [-0.2, -0.15) is 0 Å². The molecule has 0 saturated carbocycles. The van der Waals surface area contributed by atoms with Gasteiger partial charge < -0.3 is 10.6 Å². The van der Waals surface area contributed by atoms with Gasteiger partial charge in [0.1, 0.15) is 0 Å². The van der Waals surface area contributed by atoms with E-state index in [1.54, 1.807) is 0 Å². The van der Waals surface area contributed by atoms with Crippen molar-refractivity contribution in [1.82, 2.24) is 4.90 Å². The van der Waals surface area contributed by atoms with Gasteiger partial charge in [0, 0.05) is 18.7 Å². The third-order valence-corrected chi connectivity index (χ3v) is 4.13. The van der Waals surface area contributed by atoms with Crippen LogP contribution in [0.4, 0.5) is 0 Å². The highest BCUT2D eigenvalue weighted by Crippen LogP contribution is 2.22. The molecule has 1 aromatic carbocycles. The van der Waals surface area contributed by atoms with Gasteiger partial charge >= 0.3 is 0 Å². The molecule has 0 spiro atoms. The van der Waals surface area contributed by atoms with Crippen molar-refractivity contribution in [2.45, 2.75) is 33.6 Å². The molecule has 1 aliphatic rings. The summed E-state index contributed by atoms with van der Waals surface area (Å²) in [5.74, 6) is 0.773. The molecule has 2 rings (SSSR count). The van der Waals surface area contributed by atoms with Crippen LogP contribution in [0.15, 0.2) is 12.1 Å². The Morgan fingerprint density at radius 1 is 1.20 bits per heavy atom. The second-order valence-corrected chi connectivity index (χ2v) is 5.74. The maximum atomic E-state index is 12.6. The van der Waals surface area contributed by atoms with Gasteiger partial charge in [-0.1, -0.05) is 17.7 Å². The number of amides is 1. The van der Waals surface area contributed by atoms with Gasteiger partial charge in [0.05, 0.1) is 0 Å². The molecule has 2 N–H and O–H groups in total. The number of hydrogen-bond acceptors (Lipinski definition) is 2. The van der Waals surface area contributed by atoms with E-state index in [1.807, 2.05) is 18.7 Å². The summed E-state index contributed by atoms with van der Waals surface area (Å²) in [6.07, 6.45) is 2.07. The van der Waals surface area contributed by atoms with Crippen LogP contribution in [0.5, 0.6) is 0 Å². The number of aryl methyl sites for hydroxylation is 3. The van der Waals surface area contributed by atoms with Crippen molar-refractivity contribution in [2.75, 3.05) is 19.6 Å². The van der Waals surface area contributed by atoms with Crippen LogP contribution in [0, 0.1) is 26.7 Å². The molecule has 112 valence electrons. The summed E-state index contributed by atoms with van der Waals surface area (Å²) in [6.45, 7) is 8.55. The van der Waals surface area contributed by atoms with Crippen LogP contribution >= 0.6 is 12.4 Å². The predicted molar refractivity (Wildman–Crippen MR) is 85.6 cm³/mol. The van der Waals surface area contributed by atoms with Gasteiger partial charge in [-0.05, 0) is 57.2 Å². The summed E-state index contributed by atoms with van der Waals surface area (Å²) in [7, 11) is 0. The van der Waals surface area contributed by atoms with E-state index in [2.05, 4.69) is 19.1 Å². The maximum Gasteiger partial charge on any atom is 0.254 e. The summed E-state index contributed by atoms with van der Waals surface area (Å²) in [5, 5.41) is 0. The van der Waals surface area contributed by atoms with Crippen molar-refractivity contribution in [3.63, 3.8) is 0 Å². The fourth-order valence-corrected chi connectivity index (χ4v) is 3.05. The average Bonchev–Trinajstić information content (AvgIpc) is 2.37. The Labute approximate surface area is 127 Å². The number of hydrogen-bond donors (Lipinski definition) is 1. The maximum absolute atomic E-state index is 12.6. The molecule has 0 aromatic heterocycles. The molecule has 20 heavy (non-hydrogen) atoms. The Morgan fingerprint density at radius 3 is 2.15 bits per heavy atom. The molecule has 0 unspecified atom stereocenters. The fourth-order valence-electron chi connectivity index (χ4n) is 3.05. The zero-order valence-corrected chi connectivity index (χ0v) is 13.4. The minimum absolute atomic E-state index is 0. The van der Waals surface area contributed by atoms with Crippen molar-refractivity contribution >= 4 is 18.3 Å². The zero-order chi connectivity index (χ0) is 14.0. The first-order valence-electron chi connectivity index (χ1n) is 7.10. The molecular formula is C16H25ClN2O. The van der Waals surface area contributed by atoms with Crippen molar-refractivity contribution in [2.24, 2.45) is 11.7 Å². The average molecular weight is 297 g/mol. The van der Waals surface area contributed by atoms with E-state index in [4.69, 9.17) is 5.73 Å². The van der Waals surface area contributed by atoms with Crippen molar-refractivity contribution < 1.29 is 4.79 Å². The van der Waals surface area contributed by atoms with E-state index in [-0.39, 0.29) is 18.3 Å². The van der Waals surface area contributed by atoms with Gasteiger partial charge in [-0.25, -0.2) is 0 Å². The first-order chi connectivity index (χ1) is 9.02. The molecule has 0 radical (unpaired) electrons. The summed E-state index contributed by atoms with van der Waals surface area (Å²) in [4.78, 5) is 14.6. The highest BCUT2D eigenvalue weighted by molar-refractivity contribution is 5.97. The van der Waals surface area contributed by atoms with Crippen LogP contribution in [-0.2, 0) is 0 Å². The largest absolute Gasteiger partial charge is 0.339 e. The summed E-state index contributed by atoms with van der Waals surface area (Å²) in [5.41, 5.74) is 9.97. The van der Waals surface area contributed by atoms with Crippen molar-refractivity contribution in [3.05, 3.63) is 34.4 Å². The number of nitrogens with zero attached hydrogens (tertiary/aromatic N) is 1. The van der Waals surface area contributed by atoms with Gasteiger partial charge in [0.25, 0.3) is 5.91 Å². The lowest BCUT2D eigenvalue weighted by Gasteiger charge is -2.32. The number of rotatable bonds is 2. The molecule has 1 fully saturated rings. The molecule has 1 heterocycles. The zero-order valence-electron chi connectivity index (χ0n) is 12.6. The molecule has 1 aromatic rings. The second kappa shape index (κ2) is 7.09. The Kier molecular flexibility index (Phi) is 6.03. The number of carbonyl (C=O) groups is 1. The third kappa shape index (κ3) is 3.53. The van der Waals surface area contributed by atoms with E-state index >= 15 is 0 Å². The highest BCUT2D eigenvalue weighted by Gasteiger charge is 2.24. The van der Waals surface area contributed by atoms with E-state index in [1.165, 1.54) is 5.56 Å². The molecular weight excluding hydrogens is 272 g/mol. The lowest BCUT2D eigenvalue weighted by molar-refractivity contribution is 0.0692. The number of piperidine rings is 1. The van der Waals surface area contributed by atoms with Crippen molar-refractivity contribution in [1.29, 1.82) is 0 Å². The summed E-state index contributed by atoms with van der Waals surface area (Å²) in [6, 6.07) is 4.18. The minimum Gasteiger partial charge on any atom is -0.339 e. The van der Waals surface area contributed by atoms with Crippen LogP contribution in [0.25, 0.3) is 0 Å². The molecule has 4 heteroatoms. The van der Waals surface area contributed by atoms with Crippen LogP contribution in [0.3, 0.4) is 0 Å². The summed E-state index contributed by atoms with van der Waals surface area (Å²) >= 11 is 0. The normalized spacial score (nSPS) is 15.9. The smallest absolute Gasteiger partial charge is 0.254 e. The molecule has 0 atom stereocenters. The van der Waals surface area contributed by atoms with E-state index < -0.39 is 0 Å². The number of nitrogens with two attached hydrogens (primary N) is 1. The Hall–Kier alpha value is -1.06. The van der Waals surface area contributed by atoms with Crippen LogP contribution in [0.1, 0.15) is 39.9 Å².